The Labute approximate surface area is 163 Å². The molecule has 2 fully saturated rings. The summed E-state index contributed by atoms with van der Waals surface area (Å²) in [4.78, 5) is 47.3. The van der Waals surface area contributed by atoms with Crippen molar-refractivity contribution in [3.63, 3.8) is 0 Å². The summed E-state index contributed by atoms with van der Waals surface area (Å²) in [6, 6.07) is 8.67. The molecule has 2 saturated heterocycles. The van der Waals surface area contributed by atoms with E-state index in [1.54, 1.807) is 12.3 Å². The molecule has 0 aromatic carbocycles. The van der Waals surface area contributed by atoms with E-state index < -0.39 is 0 Å². The van der Waals surface area contributed by atoms with E-state index in [0.717, 1.165) is 25.0 Å². The fraction of sp³-hybridized carbons (Fsp3) is 0.429. The van der Waals surface area contributed by atoms with Gasteiger partial charge in [0.25, 0.3) is 5.91 Å². The van der Waals surface area contributed by atoms with Crippen LogP contribution in [0.25, 0.3) is 0 Å². The summed E-state index contributed by atoms with van der Waals surface area (Å²) in [5.74, 6) is 0.0869. The predicted molar refractivity (Wildman–Crippen MR) is 104 cm³/mol. The van der Waals surface area contributed by atoms with E-state index in [1.807, 2.05) is 28.0 Å². The van der Waals surface area contributed by atoms with Gasteiger partial charge in [0.2, 0.25) is 11.5 Å². The maximum absolute atomic E-state index is 12.9. The van der Waals surface area contributed by atoms with Crippen molar-refractivity contribution in [3.8, 4) is 0 Å². The molecular weight excluding hydrogens is 356 g/mol. The number of aromatic amines is 1. The average molecular weight is 380 g/mol. The Morgan fingerprint density at radius 3 is 2.79 bits per heavy atom. The van der Waals surface area contributed by atoms with Gasteiger partial charge in [0.15, 0.2) is 0 Å². The minimum Gasteiger partial charge on any atom is -0.338 e. The van der Waals surface area contributed by atoms with Gasteiger partial charge in [-0.15, -0.1) is 0 Å². The van der Waals surface area contributed by atoms with Gasteiger partial charge in [-0.05, 0) is 37.5 Å². The third-order valence-corrected chi connectivity index (χ3v) is 5.81. The number of nitrogens with zero attached hydrogens (tertiary/aromatic N) is 3. The van der Waals surface area contributed by atoms with Crippen LogP contribution in [0.2, 0.25) is 0 Å². The fourth-order valence-corrected chi connectivity index (χ4v) is 4.37. The Kier molecular flexibility index (Phi) is 4.98. The molecule has 7 nitrogen and oxygen atoms in total. The summed E-state index contributed by atoms with van der Waals surface area (Å²) in [5, 5.41) is 0. The molecule has 1 atom stereocenters. The Bertz CT molecular complexity index is 906. The molecular formula is C21H24N4O3. The highest BCUT2D eigenvalue weighted by Gasteiger charge is 2.42. The number of piperidine rings is 2. The minimum atomic E-state index is -0.220. The van der Waals surface area contributed by atoms with Crippen molar-refractivity contribution >= 4 is 11.8 Å². The van der Waals surface area contributed by atoms with Crippen LogP contribution in [0.15, 0.2) is 47.5 Å². The zero-order chi connectivity index (χ0) is 19.6. The van der Waals surface area contributed by atoms with Gasteiger partial charge in [-0.2, -0.15) is 0 Å². The highest BCUT2D eigenvalue weighted by Crippen LogP contribution is 2.39. The van der Waals surface area contributed by atoms with Crippen molar-refractivity contribution < 1.29 is 9.59 Å². The molecule has 1 spiro atoms. The lowest BCUT2D eigenvalue weighted by molar-refractivity contribution is -0.139. The summed E-state index contributed by atoms with van der Waals surface area (Å²) in [6.07, 6.45) is 6.46. The number of aromatic nitrogens is 2. The molecule has 2 aromatic rings. The van der Waals surface area contributed by atoms with Crippen LogP contribution in [0.5, 0.6) is 0 Å². The van der Waals surface area contributed by atoms with E-state index in [9.17, 15) is 14.4 Å². The number of pyridine rings is 2. The standard InChI is InChI=1S/C21H24N4O3/c26-18-6-5-16(12-23-18)20(28)24-11-3-8-21(14-24)9-7-19(27)25(15-21)13-17-4-1-2-10-22-17/h1-2,4-6,10,12H,3,7-9,11,13-15H2,(H,23,26). The molecule has 0 radical (unpaired) electrons. The zero-order valence-corrected chi connectivity index (χ0v) is 15.8. The number of hydrogen-bond donors (Lipinski definition) is 1. The molecule has 0 aliphatic carbocycles. The summed E-state index contributed by atoms with van der Waals surface area (Å²) < 4.78 is 0. The first-order valence-corrected chi connectivity index (χ1v) is 9.70. The number of amides is 2. The van der Waals surface area contributed by atoms with Gasteiger partial charge in [0, 0.05) is 49.9 Å². The second kappa shape index (κ2) is 7.58. The molecule has 4 heterocycles. The van der Waals surface area contributed by atoms with Crippen LogP contribution in [0.4, 0.5) is 0 Å². The molecule has 1 N–H and O–H groups in total. The summed E-state index contributed by atoms with van der Waals surface area (Å²) in [7, 11) is 0. The van der Waals surface area contributed by atoms with E-state index in [0.29, 0.717) is 38.2 Å². The third kappa shape index (κ3) is 3.83. The van der Waals surface area contributed by atoms with Gasteiger partial charge in [-0.3, -0.25) is 19.4 Å². The number of H-pyrrole nitrogens is 1. The van der Waals surface area contributed by atoms with Gasteiger partial charge in [-0.1, -0.05) is 6.07 Å². The Morgan fingerprint density at radius 2 is 2.04 bits per heavy atom. The minimum absolute atomic E-state index is 0.0662. The van der Waals surface area contributed by atoms with Gasteiger partial charge >= 0.3 is 0 Å². The van der Waals surface area contributed by atoms with Crippen molar-refractivity contribution in [2.75, 3.05) is 19.6 Å². The molecule has 0 saturated carbocycles. The van der Waals surface area contributed by atoms with E-state index in [1.165, 1.54) is 12.3 Å². The number of rotatable bonds is 3. The Balaban J connectivity index is 1.49. The van der Waals surface area contributed by atoms with Gasteiger partial charge in [-0.25, -0.2) is 0 Å². The van der Waals surface area contributed by atoms with E-state index in [4.69, 9.17) is 0 Å². The first kappa shape index (κ1) is 18.4. The number of carbonyl (C=O) groups excluding carboxylic acids is 2. The largest absolute Gasteiger partial charge is 0.338 e. The van der Waals surface area contributed by atoms with Crippen molar-refractivity contribution in [1.29, 1.82) is 0 Å². The molecule has 2 aromatic heterocycles. The lowest BCUT2D eigenvalue weighted by Gasteiger charge is -2.48. The van der Waals surface area contributed by atoms with E-state index in [2.05, 4.69) is 9.97 Å². The van der Waals surface area contributed by atoms with Crippen LogP contribution >= 0.6 is 0 Å². The predicted octanol–water partition coefficient (Wildman–Crippen LogP) is 1.81. The maximum Gasteiger partial charge on any atom is 0.255 e. The average Bonchev–Trinajstić information content (AvgIpc) is 2.72. The monoisotopic (exact) mass is 380 g/mol. The quantitative estimate of drug-likeness (QED) is 0.880. The first-order chi connectivity index (χ1) is 13.5. The second-order valence-corrected chi connectivity index (χ2v) is 7.84. The third-order valence-electron chi connectivity index (χ3n) is 5.81. The summed E-state index contributed by atoms with van der Waals surface area (Å²) in [6.45, 7) is 2.50. The normalized spacial score (nSPS) is 22.5. The second-order valence-electron chi connectivity index (χ2n) is 7.84. The lowest BCUT2D eigenvalue weighted by atomic mass is 9.73. The SMILES string of the molecule is O=C1CCC2(CCCN(C(=O)c3ccc(=O)[nH]c3)C2)CN1Cc1ccccn1. The summed E-state index contributed by atoms with van der Waals surface area (Å²) in [5.41, 5.74) is 1.08. The molecule has 7 heteroatoms. The fourth-order valence-electron chi connectivity index (χ4n) is 4.37. The van der Waals surface area contributed by atoms with Crippen molar-refractivity contribution in [2.24, 2.45) is 5.41 Å². The molecule has 28 heavy (non-hydrogen) atoms. The summed E-state index contributed by atoms with van der Waals surface area (Å²) >= 11 is 0. The van der Waals surface area contributed by atoms with Crippen LogP contribution in [0, 0.1) is 5.41 Å². The molecule has 146 valence electrons. The number of hydrogen-bond acceptors (Lipinski definition) is 4. The first-order valence-electron chi connectivity index (χ1n) is 9.70. The van der Waals surface area contributed by atoms with Crippen molar-refractivity contribution in [2.45, 2.75) is 32.2 Å². The molecule has 4 rings (SSSR count). The Morgan fingerprint density at radius 1 is 1.14 bits per heavy atom. The van der Waals surface area contributed by atoms with Crippen LogP contribution in [-0.2, 0) is 11.3 Å². The molecule has 2 aliphatic heterocycles. The van der Waals surface area contributed by atoms with Gasteiger partial charge < -0.3 is 14.8 Å². The van der Waals surface area contributed by atoms with E-state index >= 15 is 0 Å². The van der Waals surface area contributed by atoms with Crippen molar-refractivity contribution in [3.05, 3.63) is 64.3 Å². The lowest BCUT2D eigenvalue weighted by Crippen LogP contribution is -2.54. The van der Waals surface area contributed by atoms with Crippen LogP contribution < -0.4 is 5.56 Å². The highest BCUT2D eigenvalue weighted by atomic mass is 16.2. The topological polar surface area (TPSA) is 86.4 Å². The van der Waals surface area contributed by atoms with Crippen LogP contribution in [0.3, 0.4) is 0 Å². The zero-order valence-electron chi connectivity index (χ0n) is 15.8. The van der Waals surface area contributed by atoms with Gasteiger partial charge in [0.1, 0.15) is 0 Å². The smallest absolute Gasteiger partial charge is 0.255 e. The molecule has 0 bridgehead atoms. The molecule has 1 unspecified atom stereocenters. The number of carbonyl (C=O) groups is 2. The van der Waals surface area contributed by atoms with Crippen LogP contribution in [0.1, 0.15) is 41.7 Å². The number of nitrogens with one attached hydrogen (secondary N) is 1. The van der Waals surface area contributed by atoms with Crippen LogP contribution in [-0.4, -0.2) is 51.2 Å². The van der Waals surface area contributed by atoms with Crippen molar-refractivity contribution in [1.82, 2.24) is 19.8 Å². The highest BCUT2D eigenvalue weighted by molar-refractivity contribution is 5.94. The molecule has 2 aliphatic rings. The molecule has 2 amide bonds. The Hall–Kier alpha value is -2.96. The van der Waals surface area contributed by atoms with Gasteiger partial charge in [0.05, 0.1) is 17.8 Å². The maximum atomic E-state index is 12.9. The number of likely N-dealkylation sites (tertiary alicyclic amines) is 2. The van der Waals surface area contributed by atoms with E-state index in [-0.39, 0.29) is 22.8 Å².